The molecule has 4 rings (SSSR count). The number of fused-ring (bicyclic) bond motifs is 1. The Labute approximate surface area is 186 Å². The number of nitrogens with zero attached hydrogens (tertiary/aromatic N) is 1. The summed E-state index contributed by atoms with van der Waals surface area (Å²) in [5.74, 6) is 0.641. The number of halogens is 2. The first kappa shape index (κ1) is 21.0. The van der Waals surface area contributed by atoms with E-state index in [1.54, 1.807) is 24.3 Å². The van der Waals surface area contributed by atoms with Gasteiger partial charge in [-0.05, 0) is 66.1 Å². The molecular weight excluding hydrogens is 417 g/mol. The van der Waals surface area contributed by atoms with E-state index in [4.69, 9.17) is 23.2 Å². The third-order valence-electron chi connectivity index (χ3n) is 5.71. The van der Waals surface area contributed by atoms with Crippen LogP contribution in [0.1, 0.15) is 24.0 Å². The lowest BCUT2D eigenvalue weighted by atomic mass is 9.96. The summed E-state index contributed by atoms with van der Waals surface area (Å²) in [4.78, 5) is 17.7. The minimum atomic E-state index is 0.0471. The van der Waals surface area contributed by atoms with Crippen LogP contribution in [-0.2, 0) is 11.3 Å². The summed E-state index contributed by atoms with van der Waals surface area (Å²) in [6.45, 7) is 3.41. The second-order valence-electron chi connectivity index (χ2n) is 7.77. The fourth-order valence-electron chi connectivity index (χ4n) is 3.95. The summed E-state index contributed by atoms with van der Waals surface area (Å²) in [7, 11) is 0. The van der Waals surface area contributed by atoms with Crippen molar-refractivity contribution in [1.82, 2.24) is 15.2 Å². The predicted octanol–water partition coefficient (Wildman–Crippen LogP) is 5.52. The molecule has 1 aliphatic heterocycles. The van der Waals surface area contributed by atoms with Crippen molar-refractivity contribution in [3.8, 4) is 0 Å². The number of carbonyl (C=O) groups is 1. The lowest BCUT2D eigenvalue weighted by Crippen LogP contribution is -2.40. The molecule has 0 radical (unpaired) electrons. The highest BCUT2D eigenvalue weighted by atomic mass is 35.5. The monoisotopic (exact) mass is 441 g/mol. The number of carbonyl (C=O) groups excluding carboxylic acids is 1. The highest BCUT2D eigenvalue weighted by molar-refractivity contribution is 6.42. The van der Waals surface area contributed by atoms with Gasteiger partial charge in [0.2, 0.25) is 5.91 Å². The lowest BCUT2D eigenvalue weighted by molar-refractivity contribution is -0.127. The van der Waals surface area contributed by atoms with Crippen LogP contribution in [0.15, 0.2) is 54.7 Å². The van der Waals surface area contributed by atoms with Crippen molar-refractivity contribution in [2.24, 2.45) is 5.92 Å². The van der Waals surface area contributed by atoms with Crippen molar-refractivity contribution >= 4 is 46.1 Å². The number of likely N-dealkylation sites (tertiary alicyclic amines) is 1. The summed E-state index contributed by atoms with van der Waals surface area (Å²) in [5.41, 5.74) is 3.37. The number of piperidine rings is 1. The van der Waals surface area contributed by atoms with E-state index in [1.165, 1.54) is 16.5 Å². The third-order valence-corrected chi connectivity index (χ3v) is 6.45. The molecule has 0 aliphatic carbocycles. The van der Waals surface area contributed by atoms with Crippen LogP contribution >= 0.6 is 23.2 Å². The summed E-state index contributed by atoms with van der Waals surface area (Å²) in [6.07, 6.45) is 7.43. The van der Waals surface area contributed by atoms with Gasteiger partial charge in [-0.2, -0.15) is 0 Å². The van der Waals surface area contributed by atoms with Gasteiger partial charge >= 0.3 is 0 Å². The van der Waals surface area contributed by atoms with Crippen LogP contribution < -0.4 is 5.32 Å². The molecule has 2 heterocycles. The van der Waals surface area contributed by atoms with Crippen molar-refractivity contribution in [1.29, 1.82) is 0 Å². The van der Waals surface area contributed by atoms with Crippen LogP contribution in [0.4, 0.5) is 0 Å². The molecule has 1 saturated heterocycles. The molecule has 156 valence electrons. The Morgan fingerprint density at radius 3 is 2.77 bits per heavy atom. The first-order valence-electron chi connectivity index (χ1n) is 10.3. The second-order valence-corrected chi connectivity index (χ2v) is 8.58. The maximum absolute atomic E-state index is 12.5. The van der Waals surface area contributed by atoms with E-state index in [1.807, 2.05) is 17.2 Å². The Morgan fingerprint density at radius 2 is 1.97 bits per heavy atom. The Bertz CT molecular complexity index is 1050. The summed E-state index contributed by atoms with van der Waals surface area (Å²) in [6, 6.07) is 13.8. The summed E-state index contributed by atoms with van der Waals surface area (Å²) < 4.78 is 0. The zero-order valence-electron chi connectivity index (χ0n) is 16.7. The van der Waals surface area contributed by atoms with Gasteiger partial charge in [-0.1, -0.05) is 47.5 Å². The summed E-state index contributed by atoms with van der Waals surface area (Å²) >= 11 is 12.0. The van der Waals surface area contributed by atoms with Crippen molar-refractivity contribution < 1.29 is 4.79 Å². The molecule has 1 aliphatic rings. The van der Waals surface area contributed by atoms with Crippen molar-refractivity contribution in [3.63, 3.8) is 0 Å². The number of hydrogen-bond acceptors (Lipinski definition) is 2. The van der Waals surface area contributed by atoms with Crippen molar-refractivity contribution in [2.75, 3.05) is 19.6 Å². The van der Waals surface area contributed by atoms with Gasteiger partial charge in [0.1, 0.15) is 0 Å². The zero-order valence-corrected chi connectivity index (χ0v) is 18.2. The molecule has 1 aromatic heterocycles. The van der Waals surface area contributed by atoms with E-state index in [9.17, 15) is 4.79 Å². The molecule has 0 atom stereocenters. The smallest absolute Gasteiger partial charge is 0.246 e. The van der Waals surface area contributed by atoms with Crippen LogP contribution in [0.3, 0.4) is 0 Å². The molecule has 0 bridgehead atoms. The molecule has 1 amide bonds. The average molecular weight is 442 g/mol. The molecule has 0 spiro atoms. The van der Waals surface area contributed by atoms with Crippen LogP contribution in [0.25, 0.3) is 17.0 Å². The molecule has 0 saturated carbocycles. The number of aromatic amines is 1. The second kappa shape index (κ2) is 9.69. The number of amides is 1. The highest BCUT2D eigenvalue weighted by Gasteiger charge is 2.21. The topological polar surface area (TPSA) is 48.1 Å². The molecule has 2 aromatic carbocycles. The van der Waals surface area contributed by atoms with Gasteiger partial charge in [-0.15, -0.1) is 0 Å². The van der Waals surface area contributed by atoms with Crippen molar-refractivity contribution in [2.45, 2.75) is 19.4 Å². The lowest BCUT2D eigenvalue weighted by Gasteiger charge is -2.31. The molecule has 6 heteroatoms. The Balaban J connectivity index is 1.22. The minimum absolute atomic E-state index is 0.0471. The number of H-pyrrole nitrogens is 1. The molecule has 1 fully saturated rings. The Hall–Kier alpha value is -2.27. The number of hydrogen-bond donors (Lipinski definition) is 2. The normalized spacial score (nSPS) is 15.3. The largest absolute Gasteiger partial charge is 0.361 e. The first-order valence-corrected chi connectivity index (χ1v) is 11.0. The Morgan fingerprint density at radius 1 is 1.13 bits per heavy atom. The third kappa shape index (κ3) is 5.07. The van der Waals surface area contributed by atoms with E-state index in [-0.39, 0.29) is 5.91 Å². The number of benzene rings is 2. The number of nitrogens with one attached hydrogen (secondary N) is 2. The number of aromatic nitrogens is 1. The highest BCUT2D eigenvalue weighted by Crippen LogP contribution is 2.23. The fourth-order valence-corrected chi connectivity index (χ4v) is 4.26. The van der Waals surface area contributed by atoms with Gasteiger partial charge in [-0.25, -0.2) is 0 Å². The zero-order chi connectivity index (χ0) is 20.9. The predicted molar refractivity (Wildman–Crippen MR) is 125 cm³/mol. The quantitative estimate of drug-likeness (QED) is 0.494. The van der Waals surface area contributed by atoms with E-state index < -0.39 is 0 Å². The molecule has 4 nitrogen and oxygen atoms in total. The molecule has 30 heavy (non-hydrogen) atoms. The van der Waals surface area contributed by atoms with Crippen LogP contribution in [0.5, 0.6) is 0 Å². The van der Waals surface area contributed by atoms with Gasteiger partial charge in [0.05, 0.1) is 10.0 Å². The van der Waals surface area contributed by atoms with Crippen molar-refractivity contribution in [3.05, 3.63) is 75.9 Å². The Kier molecular flexibility index (Phi) is 6.78. The average Bonchev–Trinajstić information content (AvgIpc) is 3.25. The standard InChI is InChI=1S/C24H25Cl2N3O/c25-21-6-4-17(14-22(21)26)5-7-23(30)29-12-9-18(10-13-29)15-27-16-20-3-1-2-19-8-11-28-24(19)20/h1-8,11,14,18,27-28H,9-10,12-13,15-16H2/b7-5+. The molecule has 0 unspecified atom stereocenters. The molecule has 3 aromatic rings. The molecular formula is C24H25Cl2N3O. The maximum atomic E-state index is 12.5. The number of para-hydroxylation sites is 1. The maximum Gasteiger partial charge on any atom is 0.246 e. The van der Waals surface area contributed by atoms with E-state index in [0.717, 1.165) is 44.6 Å². The minimum Gasteiger partial charge on any atom is -0.361 e. The first-order chi connectivity index (χ1) is 14.6. The van der Waals surface area contributed by atoms with Crippen LogP contribution in [-0.4, -0.2) is 35.4 Å². The van der Waals surface area contributed by atoms with Gasteiger partial charge in [-0.3, -0.25) is 4.79 Å². The van der Waals surface area contributed by atoms with Crippen LogP contribution in [0, 0.1) is 5.92 Å². The van der Waals surface area contributed by atoms with E-state index in [0.29, 0.717) is 16.0 Å². The summed E-state index contributed by atoms with van der Waals surface area (Å²) in [5, 5.41) is 5.85. The van der Waals surface area contributed by atoms with Gasteiger partial charge < -0.3 is 15.2 Å². The van der Waals surface area contributed by atoms with Crippen LogP contribution in [0.2, 0.25) is 10.0 Å². The van der Waals surface area contributed by atoms with Gasteiger partial charge in [0.25, 0.3) is 0 Å². The van der Waals surface area contributed by atoms with Gasteiger partial charge in [0, 0.05) is 37.4 Å². The number of rotatable bonds is 6. The van der Waals surface area contributed by atoms with E-state index >= 15 is 0 Å². The fraction of sp³-hybridized carbons (Fsp3) is 0.292. The SMILES string of the molecule is O=C(/C=C/c1ccc(Cl)c(Cl)c1)N1CCC(CNCc2cccc3cc[nH]c23)CC1. The van der Waals surface area contributed by atoms with Gasteiger partial charge in [0.15, 0.2) is 0 Å². The molecule has 2 N–H and O–H groups in total. The van der Waals surface area contributed by atoms with E-state index in [2.05, 4.69) is 34.6 Å².